The van der Waals surface area contributed by atoms with E-state index in [9.17, 15) is 4.79 Å². The number of halogens is 1. The highest BCUT2D eigenvalue weighted by molar-refractivity contribution is 7.10. The predicted molar refractivity (Wildman–Crippen MR) is 80.7 cm³/mol. The van der Waals surface area contributed by atoms with Gasteiger partial charge in [0, 0.05) is 22.6 Å². The normalized spacial score (nSPS) is 10.5. The van der Waals surface area contributed by atoms with Crippen molar-refractivity contribution in [3.05, 3.63) is 50.7 Å². The van der Waals surface area contributed by atoms with Crippen LogP contribution in [0.3, 0.4) is 0 Å². The van der Waals surface area contributed by atoms with E-state index < -0.39 is 0 Å². The lowest BCUT2D eigenvalue weighted by Gasteiger charge is -2.18. The number of carbonyl (C=O) groups excluding carboxylic acids is 1. The molecule has 0 saturated carbocycles. The van der Waals surface area contributed by atoms with Gasteiger partial charge in [0.05, 0.1) is 12.1 Å². The molecule has 3 nitrogen and oxygen atoms in total. The second-order valence-corrected chi connectivity index (χ2v) is 5.86. The van der Waals surface area contributed by atoms with Crippen molar-refractivity contribution in [2.24, 2.45) is 0 Å². The maximum Gasteiger partial charge on any atom is 0.256 e. The maximum absolute atomic E-state index is 12.3. The average molecular weight is 295 g/mol. The zero-order valence-corrected chi connectivity index (χ0v) is 12.4. The fraction of sp³-hybridized carbons (Fsp3) is 0.214. The summed E-state index contributed by atoms with van der Waals surface area (Å²) in [5, 5.41) is 2.54. The molecule has 0 saturated heterocycles. The molecule has 2 aromatic rings. The van der Waals surface area contributed by atoms with Crippen LogP contribution in [0.25, 0.3) is 0 Å². The van der Waals surface area contributed by atoms with Gasteiger partial charge in [-0.3, -0.25) is 4.79 Å². The highest BCUT2D eigenvalue weighted by atomic mass is 35.5. The summed E-state index contributed by atoms with van der Waals surface area (Å²) in [6.45, 7) is 2.62. The van der Waals surface area contributed by atoms with Crippen molar-refractivity contribution in [1.82, 2.24) is 4.90 Å². The minimum absolute atomic E-state index is 0.118. The molecule has 1 aromatic heterocycles. The first kappa shape index (κ1) is 13.9. The van der Waals surface area contributed by atoms with E-state index >= 15 is 0 Å². The molecule has 2 rings (SSSR count). The summed E-state index contributed by atoms with van der Waals surface area (Å²) in [5.74, 6) is -0.118. The monoisotopic (exact) mass is 294 g/mol. The molecule has 0 aliphatic heterocycles. The molecule has 0 radical (unpaired) electrons. The molecule has 0 aliphatic carbocycles. The molecule has 0 spiro atoms. The van der Waals surface area contributed by atoms with E-state index in [0.717, 1.165) is 0 Å². The third-order valence-corrected chi connectivity index (χ3v) is 4.18. The van der Waals surface area contributed by atoms with Gasteiger partial charge in [-0.15, -0.1) is 11.3 Å². The lowest BCUT2D eigenvalue weighted by molar-refractivity contribution is 0.0787. The highest BCUT2D eigenvalue weighted by Gasteiger charge is 2.16. The van der Waals surface area contributed by atoms with Gasteiger partial charge in [-0.1, -0.05) is 11.6 Å². The fourth-order valence-electron chi connectivity index (χ4n) is 1.77. The van der Waals surface area contributed by atoms with Gasteiger partial charge in [-0.25, -0.2) is 0 Å². The number of aryl methyl sites for hydroxylation is 1. The van der Waals surface area contributed by atoms with Gasteiger partial charge in [0.15, 0.2) is 0 Å². The smallest absolute Gasteiger partial charge is 0.256 e. The Balaban J connectivity index is 2.19. The summed E-state index contributed by atoms with van der Waals surface area (Å²) < 4.78 is 0. The number of rotatable bonds is 3. The summed E-state index contributed by atoms with van der Waals surface area (Å²) in [6.07, 6.45) is 0. The molecule has 1 aromatic carbocycles. The third-order valence-electron chi connectivity index (χ3n) is 2.94. The van der Waals surface area contributed by atoms with Crippen molar-refractivity contribution in [3.8, 4) is 0 Å². The average Bonchev–Trinajstić information content (AvgIpc) is 2.77. The van der Waals surface area contributed by atoms with Crippen molar-refractivity contribution in [1.29, 1.82) is 0 Å². The van der Waals surface area contributed by atoms with Crippen LogP contribution in [0, 0.1) is 6.92 Å². The van der Waals surface area contributed by atoms with Crippen LogP contribution in [-0.4, -0.2) is 17.9 Å². The van der Waals surface area contributed by atoms with E-state index in [1.165, 1.54) is 10.4 Å². The van der Waals surface area contributed by atoms with Crippen LogP contribution in [0.4, 0.5) is 5.69 Å². The van der Waals surface area contributed by atoms with Gasteiger partial charge in [-0.05, 0) is 42.1 Å². The SMILES string of the molecule is Cc1ccsc1CN(C)C(=O)c1cc(Cl)ccc1N. The van der Waals surface area contributed by atoms with Crippen molar-refractivity contribution < 1.29 is 4.79 Å². The predicted octanol–water partition coefficient (Wildman–Crippen LogP) is 3.56. The Morgan fingerprint density at radius 1 is 1.42 bits per heavy atom. The first-order valence-corrected chi connectivity index (χ1v) is 7.08. The maximum atomic E-state index is 12.3. The molecule has 0 aliphatic rings. The lowest BCUT2D eigenvalue weighted by Crippen LogP contribution is -2.26. The summed E-state index contributed by atoms with van der Waals surface area (Å²) in [5.41, 5.74) is 7.92. The largest absolute Gasteiger partial charge is 0.398 e. The summed E-state index contributed by atoms with van der Waals surface area (Å²) in [4.78, 5) is 15.2. The minimum Gasteiger partial charge on any atom is -0.398 e. The second kappa shape index (κ2) is 5.63. The summed E-state index contributed by atoms with van der Waals surface area (Å²) in [7, 11) is 1.77. The van der Waals surface area contributed by atoms with Crippen molar-refractivity contribution in [3.63, 3.8) is 0 Å². The number of anilines is 1. The molecular formula is C14H15ClN2OS. The van der Waals surface area contributed by atoms with E-state index in [1.54, 1.807) is 41.5 Å². The Morgan fingerprint density at radius 2 is 2.16 bits per heavy atom. The molecule has 0 atom stereocenters. The number of nitrogens with zero attached hydrogens (tertiary/aromatic N) is 1. The van der Waals surface area contributed by atoms with Gasteiger partial charge >= 0.3 is 0 Å². The molecule has 1 amide bonds. The van der Waals surface area contributed by atoms with Crippen molar-refractivity contribution in [2.75, 3.05) is 12.8 Å². The lowest BCUT2D eigenvalue weighted by atomic mass is 10.1. The van der Waals surface area contributed by atoms with Crippen LogP contribution in [0.15, 0.2) is 29.6 Å². The molecule has 5 heteroatoms. The Bertz CT molecular complexity index is 609. The minimum atomic E-state index is -0.118. The molecule has 0 bridgehead atoms. The zero-order chi connectivity index (χ0) is 14.0. The first-order valence-electron chi connectivity index (χ1n) is 5.82. The Morgan fingerprint density at radius 3 is 2.79 bits per heavy atom. The van der Waals surface area contributed by atoms with Gasteiger partial charge in [-0.2, -0.15) is 0 Å². The Hall–Kier alpha value is -1.52. The van der Waals surface area contributed by atoms with E-state index in [-0.39, 0.29) is 5.91 Å². The number of benzene rings is 1. The van der Waals surface area contributed by atoms with Gasteiger partial charge < -0.3 is 10.6 Å². The van der Waals surface area contributed by atoms with Crippen LogP contribution in [0.5, 0.6) is 0 Å². The number of carbonyl (C=O) groups is 1. The molecule has 0 unspecified atom stereocenters. The number of thiophene rings is 1. The van der Waals surface area contributed by atoms with Crippen LogP contribution in [0.1, 0.15) is 20.8 Å². The van der Waals surface area contributed by atoms with Crippen LogP contribution < -0.4 is 5.73 Å². The van der Waals surface area contributed by atoms with E-state index in [2.05, 4.69) is 0 Å². The van der Waals surface area contributed by atoms with Crippen molar-refractivity contribution in [2.45, 2.75) is 13.5 Å². The highest BCUT2D eigenvalue weighted by Crippen LogP contribution is 2.22. The number of amides is 1. The topological polar surface area (TPSA) is 46.3 Å². The first-order chi connectivity index (χ1) is 8.99. The fourth-order valence-corrected chi connectivity index (χ4v) is 2.90. The van der Waals surface area contributed by atoms with E-state index in [4.69, 9.17) is 17.3 Å². The number of hydrogen-bond acceptors (Lipinski definition) is 3. The van der Waals surface area contributed by atoms with Gasteiger partial charge in [0.1, 0.15) is 0 Å². The van der Waals surface area contributed by atoms with Crippen LogP contribution in [0.2, 0.25) is 5.02 Å². The molecule has 0 fully saturated rings. The van der Waals surface area contributed by atoms with Crippen molar-refractivity contribution >= 4 is 34.5 Å². The quantitative estimate of drug-likeness (QED) is 0.880. The standard InChI is InChI=1S/C14H15ClN2OS/c1-9-5-6-19-13(9)8-17(2)14(18)11-7-10(15)3-4-12(11)16/h3-7H,8,16H2,1-2H3. The molecule has 19 heavy (non-hydrogen) atoms. The summed E-state index contributed by atoms with van der Waals surface area (Å²) in [6, 6.07) is 6.99. The number of hydrogen-bond donors (Lipinski definition) is 1. The number of nitrogen functional groups attached to an aromatic ring is 1. The Labute approximate surface area is 121 Å². The summed E-state index contributed by atoms with van der Waals surface area (Å²) >= 11 is 7.56. The van der Waals surface area contributed by atoms with Gasteiger partial charge in [0.25, 0.3) is 5.91 Å². The molecule has 100 valence electrons. The van der Waals surface area contributed by atoms with Crippen LogP contribution >= 0.6 is 22.9 Å². The van der Waals surface area contributed by atoms with E-state index in [1.807, 2.05) is 18.4 Å². The molecular weight excluding hydrogens is 280 g/mol. The van der Waals surface area contributed by atoms with Gasteiger partial charge in [0.2, 0.25) is 0 Å². The number of nitrogens with two attached hydrogens (primary N) is 1. The van der Waals surface area contributed by atoms with E-state index in [0.29, 0.717) is 22.8 Å². The zero-order valence-electron chi connectivity index (χ0n) is 10.8. The second-order valence-electron chi connectivity index (χ2n) is 4.42. The molecule has 2 N–H and O–H groups in total. The molecule has 1 heterocycles. The Kier molecular flexibility index (Phi) is 4.12. The van der Waals surface area contributed by atoms with Crippen LogP contribution in [-0.2, 0) is 6.54 Å². The third kappa shape index (κ3) is 3.08.